The number of halogens is 1. The summed E-state index contributed by atoms with van der Waals surface area (Å²) in [6, 6.07) is 7.82. The molecule has 0 amide bonds. The number of hydrogen-bond donors (Lipinski definition) is 1. The highest BCUT2D eigenvalue weighted by Gasteiger charge is 2.02. The van der Waals surface area contributed by atoms with Crippen LogP contribution in [0, 0.1) is 0 Å². The summed E-state index contributed by atoms with van der Waals surface area (Å²) in [6.45, 7) is 3.23. The van der Waals surface area contributed by atoms with Gasteiger partial charge < -0.3 is 5.32 Å². The third kappa shape index (κ3) is 3.36. The molecular formula is C15H19ClN2. The average Bonchev–Trinajstić information content (AvgIpc) is 2.39. The summed E-state index contributed by atoms with van der Waals surface area (Å²) in [4.78, 5) is 4.34. The van der Waals surface area contributed by atoms with Crippen LogP contribution in [-0.2, 0) is 0 Å². The minimum atomic E-state index is 0.754. The Balaban J connectivity index is 2.05. The van der Waals surface area contributed by atoms with E-state index in [1.165, 1.54) is 25.7 Å². The molecule has 96 valence electrons. The van der Waals surface area contributed by atoms with E-state index in [9.17, 15) is 0 Å². The third-order valence-electron chi connectivity index (χ3n) is 3.05. The lowest BCUT2D eigenvalue weighted by molar-refractivity contribution is 0.685. The Morgan fingerprint density at radius 1 is 1.17 bits per heavy atom. The van der Waals surface area contributed by atoms with Gasteiger partial charge in [-0.1, -0.05) is 37.8 Å². The van der Waals surface area contributed by atoms with Gasteiger partial charge in [0.2, 0.25) is 0 Å². The van der Waals surface area contributed by atoms with Crippen LogP contribution in [0.5, 0.6) is 0 Å². The molecule has 2 nitrogen and oxygen atoms in total. The maximum absolute atomic E-state index is 6.04. The van der Waals surface area contributed by atoms with Crippen LogP contribution in [-0.4, -0.2) is 11.5 Å². The van der Waals surface area contributed by atoms with Gasteiger partial charge in [-0.05, 0) is 30.7 Å². The number of benzene rings is 1. The monoisotopic (exact) mass is 262 g/mol. The Kier molecular flexibility index (Phi) is 4.82. The molecule has 2 aromatic rings. The summed E-state index contributed by atoms with van der Waals surface area (Å²) < 4.78 is 0. The Morgan fingerprint density at radius 3 is 2.89 bits per heavy atom. The van der Waals surface area contributed by atoms with Gasteiger partial charge >= 0.3 is 0 Å². The lowest BCUT2D eigenvalue weighted by Gasteiger charge is -2.09. The molecular weight excluding hydrogens is 244 g/mol. The minimum absolute atomic E-state index is 0.754. The van der Waals surface area contributed by atoms with E-state index in [1.54, 1.807) is 0 Å². The smallest absolute Gasteiger partial charge is 0.0723 e. The van der Waals surface area contributed by atoms with Gasteiger partial charge in [-0.15, -0.1) is 0 Å². The summed E-state index contributed by atoms with van der Waals surface area (Å²) in [6.07, 6.45) is 6.91. The van der Waals surface area contributed by atoms with E-state index in [4.69, 9.17) is 11.6 Å². The second-order valence-electron chi connectivity index (χ2n) is 4.51. The molecule has 0 aliphatic heterocycles. The molecule has 0 saturated carbocycles. The molecule has 1 aromatic heterocycles. The first-order valence-corrected chi connectivity index (χ1v) is 6.97. The predicted octanol–water partition coefficient (Wildman–Crippen LogP) is 4.88. The fourth-order valence-electron chi connectivity index (χ4n) is 2.05. The normalized spacial score (nSPS) is 10.8. The second-order valence-corrected chi connectivity index (χ2v) is 4.94. The first-order valence-electron chi connectivity index (χ1n) is 6.59. The van der Waals surface area contributed by atoms with Crippen molar-refractivity contribution >= 4 is 28.2 Å². The van der Waals surface area contributed by atoms with Gasteiger partial charge in [0.1, 0.15) is 0 Å². The third-order valence-corrected chi connectivity index (χ3v) is 3.28. The first kappa shape index (κ1) is 13.2. The number of nitrogens with zero attached hydrogens (tertiary/aromatic N) is 1. The molecule has 3 heteroatoms. The van der Waals surface area contributed by atoms with Gasteiger partial charge in [0, 0.05) is 28.8 Å². The Bertz CT molecular complexity index is 511. The van der Waals surface area contributed by atoms with E-state index >= 15 is 0 Å². The van der Waals surface area contributed by atoms with Crippen LogP contribution >= 0.6 is 11.6 Å². The van der Waals surface area contributed by atoms with Crippen LogP contribution in [0.1, 0.15) is 32.6 Å². The molecule has 0 spiro atoms. The summed E-state index contributed by atoms with van der Waals surface area (Å²) in [5.41, 5.74) is 2.11. The van der Waals surface area contributed by atoms with Crippen LogP contribution < -0.4 is 5.32 Å². The molecule has 1 heterocycles. The van der Waals surface area contributed by atoms with E-state index in [0.29, 0.717) is 0 Å². The highest BCUT2D eigenvalue weighted by Crippen LogP contribution is 2.24. The summed E-state index contributed by atoms with van der Waals surface area (Å²) >= 11 is 6.04. The zero-order chi connectivity index (χ0) is 12.8. The van der Waals surface area contributed by atoms with Gasteiger partial charge in [0.25, 0.3) is 0 Å². The highest BCUT2D eigenvalue weighted by molar-refractivity contribution is 6.31. The molecule has 0 saturated heterocycles. The Morgan fingerprint density at radius 2 is 2.06 bits per heavy atom. The fraction of sp³-hybridized carbons (Fsp3) is 0.400. The van der Waals surface area contributed by atoms with Crippen LogP contribution in [0.4, 0.5) is 5.69 Å². The van der Waals surface area contributed by atoms with E-state index in [-0.39, 0.29) is 0 Å². The zero-order valence-electron chi connectivity index (χ0n) is 10.7. The topological polar surface area (TPSA) is 24.9 Å². The fourth-order valence-corrected chi connectivity index (χ4v) is 2.22. The number of hydrogen-bond acceptors (Lipinski definition) is 2. The molecule has 1 aromatic carbocycles. The standard InChI is InChI=1S/C15H19ClN2/c1-2-3-4-5-9-17-15-8-10-18-14-7-6-12(16)11-13(14)15/h6-8,10-11H,2-5,9H2,1H3,(H,17,18). The van der Waals surface area contributed by atoms with Crippen LogP contribution in [0.15, 0.2) is 30.5 Å². The molecule has 0 aliphatic rings. The molecule has 1 N–H and O–H groups in total. The molecule has 0 unspecified atom stereocenters. The molecule has 0 fully saturated rings. The number of fused-ring (bicyclic) bond motifs is 1. The van der Waals surface area contributed by atoms with E-state index < -0.39 is 0 Å². The van der Waals surface area contributed by atoms with Crippen molar-refractivity contribution in [3.63, 3.8) is 0 Å². The van der Waals surface area contributed by atoms with Crippen molar-refractivity contribution in [3.05, 3.63) is 35.5 Å². The number of aromatic nitrogens is 1. The number of unbranched alkanes of at least 4 members (excludes halogenated alkanes) is 3. The largest absolute Gasteiger partial charge is 0.384 e. The lowest BCUT2D eigenvalue weighted by atomic mass is 10.1. The van der Waals surface area contributed by atoms with Crippen molar-refractivity contribution in [1.29, 1.82) is 0 Å². The Labute approximate surface area is 113 Å². The number of nitrogens with one attached hydrogen (secondary N) is 1. The van der Waals surface area contributed by atoms with Gasteiger partial charge in [-0.25, -0.2) is 0 Å². The van der Waals surface area contributed by atoms with Gasteiger partial charge in [-0.2, -0.15) is 0 Å². The molecule has 0 bridgehead atoms. The SMILES string of the molecule is CCCCCCNc1ccnc2ccc(Cl)cc12. The lowest BCUT2D eigenvalue weighted by Crippen LogP contribution is -2.02. The maximum Gasteiger partial charge on any atom is 0.0723 e. The van der Waals surface area contributed by atoms with Crippen molar-refractivity contribution < 1.29 is 0 Å². The predicted molar refractivity (Wildman–Crippen MR) is 79.4 cm³/mol. The maximum atomic E-state index is 6.04. The summed E-state index contributed by atoms with van der Waals surface area (Å²) in [7, 11) is 0. The Hall–Kier alpha value is -1.28. The zero-order valence-corrected chi connectivity index (χ0v) is 11.5. The van der Waals surface area contributed by atoms with Gasteiger partial charge in [-0.3, -0.25) is 4.98 Å². The number of pyridine rings is 1. The minimum Gasteiger partial charge on any atom is -0.384 e. The van der Waals surface area contributed by atoms with Crippen LogP contribution in [0.25, 0.3) is 10.9 Å². The molecule has 0 radical (unpaired) electrons. The van der Waals surface area contributed by atoms with Crippen molar-refractivity contribution in [2.45, 2.75) is 32.6 Å². The average molecular weight is 263 g/mol. The van der Waals surface area contributed by atoms with Crippen LogP contribution in [0.3, 0.4) is 0 Å². The van der Waals surface area contributed by atoms with Crippen molar-refractivity contribution in [2.24, 2.45) is 0 Å². The second kappa shape index (κ2) is 6.60. The van der Waals surface area contributed by atoms with E-state index in [1.807, 2.05) is 30.5 Å². The number of anilines is 1. The highest BCUT2D eigenvalue weighted by atomic mass is 35.5. The first-order chi connectivity index (χ1) is 8.81. The van der Waals surface area contributed by atoms with E-state index in [0.717, 1.165) is 28.2 Å². The van der Waals surface area contributed by atoms with Crippen molar-refractivity contribution in [3.8, 4) is 0 Å². The molecule has 2 rings (SSSR count). The van der Waals surface area contributed by atoms with Crippen molar-refractivity contribution in [2.75, 3.05) is 11.9 Å². The van der Waals surface area contributed by atoms with Gasteiger partial charge in [0.05, 0.1) is 5.52 Å². The van der Waals surface area contributed by atoms with Gasteiger partial charge in [0.15, 0.2) is 0 Å². The number of rotatable bonds is 6. The molecule has 0 atom stereocenters. The van der Waals surface area contributed by atoms with Crippen LogP contribution in [0.2, 0.25) is 5.02 Å². The quantitative estimate of drug-likeness (QED) is 0.751. The summed E-state index contributed by atoms with van der Waals surface area (Å²) in [5.74, 6) is 0. The molecule has 0 aliphatic carbocycles. The summed E-state index contributed by atoms with van der Waals surface area (Å²) in [5, 5.41) is 5.33. The molecule has 18 heavy (non-hydrogen) atoms. The van der Waals surface area contributed by atoms with Crippen molar-refractivity contribution in [1.82, 2.24) is 4.98 Å². The van der Waals surface area contributed by atoms with E-state index in [2.05, 4.69) is 17.2 Å².